The highest BCUT2D eigenvalue weighted by atomic mass is 35.5. The molecule has 5 heterocycles. The van der Waals surface area contributed by atoms with Gasteiger partial charge in [0.15, 0.2) is 5.82 Å². The molecule has 0 saturated heterocycles. The number of nitrogens with one attached hydrogen (secondary N) is 3. The van der Waals surface area contributed by atoms with Gasteiger partial charge in [-0.25, -0.2) is 23.7 Å². The molecule has 0 aliphatic carbocycles. The number of alkyl halides is 2. The molecule has 0 amide bonds. The molecule has 11 nitrogen and oxygen atoms in total. The number of ether oxygens (including phenoxy) is 2. The number of aromatic amines is 2. The summed E-state index contributed by atoms with van der Waals surface area (Å²) in [6, 6.07) is 4.87. The molecule has 14 heteroatoms. The van der Waals surface area contributed by atoms with E-state index >= 15 is 0 Å². The van der Waals surface area contributed by atoms with Crippen LogP contribution in [0, 0.1) is 0 Å². The van der Waals surface area contributed by atoms with Crippen molar-refractivity contribution in [1.29, 1.82) is 0 Å². The summed E-state index contributed by atoms with van der Waals surface area (Å²) < 4.78 is 35.9. The number of aromatic nitrogens is 7. The third-order valence-corrected chi connectivity index (χ3v) is 5.45. The van der Waals surface area contributed by atoms with Crippen LogP contribution in [0.5, 0.6) is 11.9 Å². The van der Waals surface area contributed by atoms with E-state index in [2.05, 4.69) is 40.2 Å². The van der Waals surface area contributed by atoms with Gasteiger partial charge in [-0.15, -0.1) is 0 Å². The van der Waals surface area contributed by atoms with Crippen molar-refractivity contribution in [3.8, 4) is 34.5 Å². The lowest BCUT2D eigenvalue weighted by atomic mass is 10.1. The SMILES string of the molecule is COc1ncc(-c2nccc3[nH]c(=O)c(-c4nc5c(NCC(F)F)nc(Cl)cc5[nH]4)cc23)c(OC)n1. The number of pyridine rings is 3. The highest BCUT2D eigenvalue weighted by Crippen LogP contribution is 2.33. The summed E-state index contributed by atoms with van der Waals surface area (Å²) in [5, 5.41) is 3.16. The van der Waals surface area contributed by atoms with Crippen LogP contribution in [-0.4, -0.2) is 62.1 Å². The second kappa shape index (κ2) is 9.34. The van der Waals surface area contributed by atoms with Crippen molar-refractivity contribution in [1.82, 2.24) is 34.9 Å². The summed E-state index contributed by atoms with van der Waals surface area (Å²) in [6.07, 6.45) is 0.437. The normalized spacial score (nSPS) is 11.4. The number of halogens is 3. The fraction of sp³-hybridized carbons (Fsp3) is 0.182. The monoisotopic (exact) mass is 514 g/mol. The molecule has 0 unspecified atom stereocenters. The molecule has 0 saturated carbocycles. The quantitative estimate of drug-likeness (QED) is 0.277. The van der Waals surface area contributed by atoms with Gasteiger partial charge in [-0.3, -0.25) is 9.78 Å². The predicted molar refractivity (Wildman–Crippen MR) is 129 cm³/mol. The summed E-state index contributed by atoms with van der Waals surface area (Å²) in [7, 11) is 2.89. The van der Waals surface area contributed by atoms with Crippen molar-refractivity contribution >= 4 is 39.4 Å². The maximum absolute atomic E-state index is 13.0. The van der Waals surface area contributed by atoms with Crippen LogP contribution in [0.15, 0.2) is 35.4 Å². The van der Waals surface area contributed by atoms with E-state index in [9.17, 15) is 13.6 Å². The minimum Gasteiger partial charge on any atom is -0.480 e. The van der Waals surface area contributed by atoms with Gasteiger partial charge in [-0.05, 0) is 12.1 Å². The van der Waals surface area contributed by atoms with Crippen LogP contribution < -0.4 is 20.3 Å². The second-order valence-corrected chi connectivity index (χ2v) is 7.85. The lowest BCUT2D eigenvalue weighted by molar-refractivity contribution is 0.163. The fourth-order valence-corrected chi connectivity index (χ4v) is 3.89. The minimum atomic E-state index is -2.60. The van der Waals surface area contributed by atoms with Crippen LogP contribution in [0.25, 0.3) is 44.6 Å². The van der Waals surface area contributed by atoms with Gasteiger partial charge >= 0.3 is 6.01 Å². The largest absolute Gasteiger partial charge is 0.480 e. The molecule has 0 spiro atoms. The van der Waals surface area contributed by atoms with Crippen molar-refractivity contribution in [3.63, 3.8) is 0 Å². The number of H-pyrrole nitrogens is 2. The fourth-order valence-electron chi connectivity index (χ4n) is 3.69. The number of methoxy groups -OCH3 is 2. The molecule has 0 aliphatic heterocycles. The first-order valence-electron chi connectivity index (χ1n) is 10.4. The molecular formula is C22H17ClF2N8O3. The molecule has 5 aromatic rings. The zero-order chi connectivity index (χ0) is 25.4. The number of rotatable bonds is 7. The zero-order valence-corrected chi connectivity index (χ0v) is 19.5. The average Bonchev–Trinajstić information content (AvgIpc) is 3.29. The predicted octanol–water partition coefficient (Wildman–Crippen LogP) is 3.67. The zero-order valence-electron chi connectivity index (χ0n) is 18.8. The van der Waals surface area contributed by atoms with Gasteiger partial charge in [0.25, 0.3) is 12.0 Å². The summed E-state index contributed by atoms with van der Waals surface area (Å²) in [6.45, 7) is -0.637. The number of nitrogens with zero attached hydrogens (tertiary/aromatic N) is 5. The molecule has 36 heavy (non-hydrogen) atoms. The Hall–Kier alpha value is -4.39. The van der Waals surface area contributed by atoms with Crippen molar-refractivity contribution < 1.29 is 18.3 Å². The summed E-state index contributed by atoms with van der Waals surface area (Å²) >= 11 is 6.05. The maximum atomic E-state index is 13.0. The third-order valence-electron chi connectivity index (χ3n) is 5.25. The van der Waals surface area contributed by atoms with Crippen LogP contribution >= 0.6 is 11.6 Å². The summed E-state index contributed by atoms with van der Waals surface area (Å²) in [5.74, 6) is 0.485. The first-order chi connectivity index (χ1) is 17.4. The molecule has 3 N–H and O–H groups in total. The van der Waals surface area contributed by atoms with E-state index in [0.717, 1.165) is 0 Å². The van der Waals surface area contributed by atoms with E-state index < -0.39 is 18.5 Å². The molecule has 0 atom stereocenters. The molecule has 184 valence electrons. The standard InChI is InChI=1S/C22H17ClF2N8O3/c1-35-21-11(7-28-22(33-21)36-2)16-9-5-10(20(34)30-12(9)3-4-26-16)18-29-13-6-14(23)31-19(17(13)32-18)27-8-15(24)25/h3-7,15H,8H2,1-2H3,(H,27,31)(H,29,32)(H,30,34). The number of hydrogen-bond donors (Lipinski definition) is 3. The van der Waals surface area contributed by atoms with Crippen LogP contribution in [0.4, 0.5) is 14.6 Å². The minimum absolute atomic E-state index is 0.0694. The number of fused-ring (bicyclic) bond motifs is 2. The van der Waals surface area contributed by atoms with Crippen molar-refractivity contribution in [2.45, 2.75) is 6.43 Å². The highest BCUT2D eigenvalue weighted by Gasteiger charge is 2.19. The molecule has 5 aromatic heterocycles. The van der Waals surface area contributed by atoms with E-state index in [1.807, 2.05) is 0 Å². The Morgan fingerprint density at radius 2 is 1.89 bits per heavy atom. The van der Waals surface area contributed by atoms with Crippen molar-refractivity contribution in [3.05, 3.63) is 46.1 Å². The van der Waals surface area contributed by atoms with Gasteiger partial charge < -0.3 is 24.8 Å². The Labute approximate surface area is 205 Å². The van der Waals surface area contributed by atoms with E-state index in [1.54, 1.807) is 12.1 Å². The van der Waals surface area contributed by atoms with E-state index in [4.69, 9.17) is 21.1 Å². The Bertz CT molecular complexity index is 1660. The lowest BCUT2D eigenvalue weighted by Crippen LogP contribution is -2.11. The molecule has 0 bridgehead atoms. The summed E-state index contributed by atoms with van der Waals surface area (Å²) in [5.41, 5.74) is 1.84. The van der Waals surface area contributed by atoms with Gasteiger partial charge in [-0.2, -0.15) is 4.98 Å². The maximum Gasteiger partial charge on any atom is 0.319 e. The first-order valence-corrected chi connectivity index (χ1v) is 10.8. The van der Waals surface area contributed by atoms with Crippen LogP contribution in [-0.2, 0) is 0 Å². The van der Waals surface area contributed by atoms with Crippen LogP contribution in [0.3, 0.4) is 0 Å². The smallest absolute Gasteiger partial charge is 0.319 e. The number of imidazole rings is 1. The lowest BCUT2D eigenvalue weighted by Gasteiger charge is -2.10. The van der Waals surface area contributed by atoms with Crippen molar-refractivity contribution in [2.24, 2.45) is 0 Å². The van der Waals surface area contributed by atoms with Gasteiger partial charge in [0.05, 0.1) is 48.6 Å². The third kappa shape index (κ3) is 4.24. The Morgan fingerprint density at radius 3 is 2.64 bits per heavy atom. The number of anilines is 1. The second-order valence-electron chi connectivity index (χ2n) is 7.46. The van der Waals surface area contributed by atoms with E-state index in [-0.39, 0.29) is 39.8 Å². The van der Waals surface area contributed by atoms with Crippen molar-refractivity contribution in [2.75, 3.05) is 26.1 Å². The molecule has 0 radical (unpaired) electrons. The van der Waals surface area contributed by atoms with Gasteiger partial charge in [0.2, 0.25) is 5.88 Å². The molecule has 5 rings (SSSR count). The van der Waals surface area contributed by atoms with Crippen LogP contribution in [0.1, 0.15) is 0 Å². The van der Waals surface area contributed by atoms with E-state index in [0.29, 0.717) is 27.7 Å². The molecule has 0 aromatic carbocycles. The highest BCUT2D eigenvalue weighted by molar-refractivity contribution is 6.30. The van der Waals surface area contributed by atoms with Crippen LogP contribution in [0.2, 0.25) is 5.15 Å². The molecular weight excluding hydrogens is 498 g/mol. The Kier molecular flexibility index (Phi) is 6.06. The number of hydrogen-bond acceptors (Lipinski definition) is 9. The topological polar surface area (TPSA) is 144 Å². The van der Waals surface area contributed by atoms with Gasteiger partial charge in [0, 0.05) is 23.8 Å². The average molecular weight is 515 g/mol. The van der Waals surface area contributed by atoms with Gasteiger partial charge in [-0.1, -0.05) is 11.6 Å². The van der Waals surface area contributed by atoms with Gasteiger partial charge in [0.1, 0.15) is 16.5 Å². The Morgan fingerprint density at radius 1 is 1.06 bits per heavy atom. The van der Waals surface area contributed by atoms with E-state index in [1.165, 1.54) is 32.7 Å². The molecule has 0 fully saturated rings. The first kappa shape index (κ1) is 23.4. The summed E-state index contributed by atoms with van der Waals surface area (Å²) in [4.78, 5) is 40.1. The Balaban J connectivity index is 1.68. The molecule has 0 aliphatic rings.